The summed E-state index contributed by atoms with van der Waals surface area (Å²) in [6.07, 6.45) is 1.86. The molecule has 0 spiro atoms. The van der Waals surface area contributed by atoms with Crippen molar-refractivity contribution in [3.8, 4) is 10.4 Å². The number of fused-ring (bicyclic) bond motifs is 1. The maximum atomic E-state index is 12.0. The highest BCUT2D eigenvalue weighted by atomic mass is 32.1. The molecule has 0 saturated carbocycles. The number of amides is 1. The van der Waals surface area contributed by atoms with Crippen molar-refractivity contribution in [1.82, 2.24) is 10.3 Å². The minimum Gasteiger partial charge on any atom is -0.349 e. The second-order valence-electron chi connectivity index (χ2n) is 5.21. The lowest BCUT2D eigenvalue weighted by molar-refractivity contribution is 0.0947. The number of nitrogens with one attached hydrogen (secondary N) is 1. The van der Waals surface area contributed by atoms with E-state index < -0.39 is 0 Å². The van der Waals surface area contributed by atoms with Gasteiger partial charge in [0, 0.05) is 28.1 Å². The average molecular weight is 296 g/mol. The van der Waals surface area contributed by atoms with E-state index in [1.165, 1.54) is 11.3 Å². The molecule has 0 saturated heterocycles. The summed E-state index contributed by atoms with van der Waals surface area (Å²) in [6.45, 7) is 3.92. The van der Waals surface area contributed by atoms with Crippen molar-refractivity contribution >= 4 is 28.1 Å². The third-order valence-corrected chi connectivity index (χ3v) is 4.26. The van der Waals surface area contributed by atoms with Gasteiger partial charge in [-0.05, 0) is 38.1 Å². The molecule has 0 aliphatic heterocycles. The van der Waals surface area contributed by atoms with Crippen LogP contribution in [0.3, 0.4) is 0 Å². The number of carbonyl (C=O) groups excluding carboxylic acids is 1. The molecular weight excluding hydrogens is 280 g/mol. The Balaban J connectivity index is 1.92. The van der Waals surface area contributed by atoms with E-state index in [1.54, 1.807) is 0 Å². The van der Waals surface area contributed by atoms with Gasteiger partial charge in [0.25, 0.3) is 5.91 Å². The van der Waals surface area contributed by atoms with Crippen LogP contribution in [0, 0.1) is 0 Å². The molecule has 1 N–H and O–H groups in total. The monoisotopic (exact) mass is 296 g/mol. The SMILES string of the molecule is CC(C)NC(=O)c1ccc(-c2cnc3ccccc3c2)s1. The maximum absolute atomic E-state index is 12.0. The fourth-order valence-electron chi connectivity index (χ4n) is 2.15. The normalized spacial score (nSPS) is 11.0. The Hall–Kier alpha value is -2.20. The second kappa shape index (κ2) is 5.66. The fourth-order valence-corrected chi connectivity index (χ4v) is 3.04. The largest absolute Gasteiger partial charge is 0.349 e. The van der Waals surface area contributed by atoms with Crippen molar-refractivity contribution < 1.29 is 4.79 Å². The van der Waals surface area contributed by atoms with Crippen LogP contribution in [-0.2, 0) is 0 Å². The smallest absolute Gasteiger partial charge is 0.261 e. The fraction of sp³-hybridized carbons (Fsp3) is 0.176. The molecule has 21 heavy (non-hydrogen) atoms. The number of aromatic nitrogens is 1. The highest BCUT2D eigenvalue weighted by Gasteiger charge is 2.11. The minimum atomic E-state index is -0.0185. The summed E-state index contributed by atoms with van der Waals surface area (Å²) in [5, 5.41) is 4.02. The molecule has 0 fully saturated rings. The number of para-hydroxylation sites is 1. The Labute approximate surface area is 127 Å². The molecule has 0 bridgehead atoms. The van der Waals surface area contributed by atoms with E-state index >= 15 is 0 Å². The van der Waals surface area contributed by atoms with Crippen LogP contribution in [-0.4, -0.2) is 16.9 Å². The van der Waals surface area contributed by atoms with Crippen LogP contribution in [0.15, 0.2) is 48.7 Å². The summed E-state index contributed by atoms with van der Waals surface area (Å²) < 4.78 is 0. The molecule has 0 aliphatic rings. The quantitative estimate of drug-likeness (QED) is 0.790. The van der Waals surface area contributed by atoms with Crippen LogP contribution in [0.5, 0.6) is 0 Å². The minimum absolute atomic E-state index is 0.0185. The number of benzene rings is 1. The molecule has 3 rings (SSSR count). The van der Waals surface area contributed by atoms with Gasteiger partial charge in [0.1, 0.15) is 0 Å². The lowest BCUT2D eigenvalue weighted by Crippen LogP contribution is -2.29. The van der Waals surface area contributed by atoms with Crippen LogP contribution in [0.25, 0.3) is 21.3 Å². The molecule has 0 atom stereocenters. The predicted molar refractivity (Wildman–Crippen MR) is 87.7 cm³/mol. The van der Waals surface area contributed by atoms with Crippen LogP contribution >= 0.6 is 11.3 Å². The summed E-state index contributed by atoms with van der Waals surface area (Å²) in [5.74, 6) is -0.0185. The van der Waals surface area contributed by atoms with Gasteiger partial charge in [-0.15, -0.1) is 11.3 Å². The summed E-state index contributed by atoms with van der Waals surface area (Å²) in [5.41, 5.74) is 2.03. The molecule has 1 aromatic carbocycles. The van der Waals surface area contributed by atoms with Gasteiger partial charge in [-0.25, -0.2) is 0 Å². The summed E-state index contributed by atoms with van der Waals surface area (Å²) in [6, 6.07) is 14.1. The number of nitrogens with zero attached hydrogens (tertiary/aromatic N) is 1. The van der Waals surface area contributed by atoms with E-state index in [4.69, 9.17) is 0 Å². The number of hydrogen-bond donors (Lipinski definition) is 1. The van der Waals surface area contributed by atoms with E-state index in [1.807, 2.05) is 56.4 Å². The van der Waals surface area contributed by atoms with Crippen molar-refractivity contribution in [2.24, 2.45) is 0 Å². The van der Waals surface area contributed by atoms with E-state index in [2.05, 4.69) is 16.4 Å². The van der Waals surface area contributed by atoms with Gasteiger partial charge in [0.2, 0.25) is 0 Å². The number of hydrogen-bond acceptors (Lipinski definition) is 3. The topological polar surface area (TPSA) is 42.0 Å². The number of thiophene rings is 1. The third-order valence-electron chi connectivity index (χ3n) is 3.12. The standard InChI is InChI=1S/C17H16N2OS/c1-11(2)19-17(20)16-8-7-15(21-16)13-9-12-5-3-4-6-14(12)18-10-13/h3-11H,1-2H3,(H,19,20). The van der Waals surface area contributed by atoms with Crippen LogP contribution < -0.4 is 5.32 Å². The van der Waals surface area contributed by atoms with E-state index in [0.29, 0.717) is 0 Å². The number of pyridine rings is 1. The first-order chi connectivity index (χ1) is 10.1. The number of rotatable bonds is 3. The zero-order valence-electron chi connectivity index (χ0n) is 12.0. The molecule has 0 radical (unpaired) electrons. The van der Waals surface area contributed by atoms with Crippen LogP contribution in [0.2, 0.25) is 0 Å². The molecule has 0 aliphatic carbocycles. The molecule has 3 aromatic rings. The highest BCUT2D eigenvalue weighted by molar-refractivity contribution is 7.17. The van der Waals surface area contributed by atoms with Crippen molar-refractivity contribution in [2.45, 2.75) is 19.9 Å². The van der Waals surface area contributed by atoms with Gasteiger partial charge >= 0.3 is 0 Å². The third kappa shape index (κ3) is 2.95. The Morgan fingerprint density at radius 1 is 1.19 bits per heavy atom. The lowest BCUT2D eigenvalue weighted by atomic mass is 10.1. The second-order valence-corrected chi connectivity index (χ2v) is 6.29. The summed E-state index contributed by atoms with van der Waals surface area (Å²) >= 11 is 1.49. The Morgan fingerprint density at radius 2 is 2.00 bits per heavy atom. The molecule has 0 unspecified atom stereocenters. The van der Waals surface area contributed by atoms with Gasteiger partial charge in [-0.1, -0.05) is 18.2 Å². The first kappa shape index (κ1) is 13.8. The van der Waals surface area contributed by atoms with E-state index in [9.17, 15) is 4.79 Å². The van der Waals surface area contributed by atoms with Crippen molar-refractivity contribution in [3.63, 3.8) is 0 Å². The Morgan fingerprint density at radius 3 is 2.81 bits per heavy atom. The van der Waals surface area contributed by atoms with E-state index in [0.717, 1.165) is 26.2 Å². The van der Waals surface area contributed by atoms with E-state index in [-0.39, 0.29) is 11.9 Å². The Kier molecular flexibility index (Phi) is 3.71. The van der Waals surface area contributed by atoms with Gasteiger partial charge in [0.05, 0.1) is 10.4 Å². The summed E-state index contributed by atoms with van der Waals surface area (Å²) in [7, 11) is 0. The zero-order chi connectivity index (χ0) is 14.8. The van der Waals surface area contributed by atoms with Gasteiger partial charge in [0.15, 0.2) is 0 Å². The first-order valence-corrected chi connectivity index (χ1v) is 7.71. The Bertz CT molecular complexity index is 792. The van der Waals surface area contributed by atoms with Gasteiger partial charge < -0.3 is 5.32 Å². The molecule has 2 heterocycles. The zero-order valence-corrected chi connectivity index (χ0v) is 12.8. The van der Waals surface area contributed by atoms with Gasteiger partial charge in [-0.2, -0.15) is 0 Å². The maximum Gasteiger partial charge on any atom is 0.261 e. The van der Waals surface area contributed by atoms with Crippen molar-refractivity contribution in [1.29, 1.82) is 0 Å². The van der Waals surface area contributed by atoms with Crippen molar-refractivity contribution in [3.05, 3.63) is 53.5 Å². The first-order valence-electron chi connectivity index (χ1n) is 6.89. The molecule has 2 aromatic heterocycles. The molecule has 3 nitrogen and oxygen atoms in total. The molecular formula is C17H16N2OS. The van der Waals surface area contributed by atoms with Gasteiger partial charge in [-0.3, -0.25) is 9.78 Å². The van der Waals surface area contributed by atoms with Crippen molar-refractivity contribution in [2.75, 3.05) is 0 Å². The van der Waals surface area contributed by atoms with Crippen LogP contribution in [0.1, 0.15) is 23.5 Å². The average Bonchev–Trinajstić information content (AvgIpc) is 2.96. The molecule has 106 valence electrons. The van der Waals surface area contributed by atoms with Crippen LogP contribution in [0.4, 0.5) is 0 Å². The molecule has 1 amide bonds. The predicted octanol–water partition coefficient (Wildman–Crippen LogP) is 4.10. The number of carbonyl (C=O) groups is 1. The summed E-state index contributed by atoms with van der Waals surface area (Å²) in [4.78, 5) is 18.2. The highest BCUT2D eigenvalue weighted by Crippen LogP contribution is 2.29. The molecule has 4 heteroatoms. The lowest BCUT2D eigenvalue weighted by Gasteiger charge is -2.05.